The molecular weight excluding hydrogens is 414 g/mol. The molecule has 174 valence electrons. The number of hydrogen-bond donors (Lipinski definition) is 2. The zero-order chi connectivity index (χ0) is 23.8. The molecule has 7 nitrogen and oxygen atoms in total. The molecule has 1 aliphatic rings. The predicted molar refractivity (Wildman–Crippen MR) is 132 cm³/mol. The van der Waals surface area contributed by atoms with Crippen LogP contribution in [0.2, 0.25) is 0 Å². The van der Waals surface area contributed by atoms with E-state index in [1.165, 1.54) is 0 Å². The Kier molecular flexibility index (Phi) is 7.77. The van der Waals surface area contributed by atoms with Gasteiger partial charge >= 0.3 is 6.09 Å². The minimum absolute atomic E-state index is 0.294. The summed E-state index contributed by atoms with van der Waals surface area (Å²) in [6.45, 7) is 7.93. The molecule has 0 spiro atoms. The predicted octanol–water partition coefficient (Wildman–Crippen LogP) is 3.68. The van der Waals surface area contributed by atoms with Crippen LogP contribution < -0.4 is 11.5 Å². The van der Waals surface area contributed by atoms with E-state index in [9.17, 15) is 4.79 Å². The van der Waals surface area contributed by atoms with Crippen LogP contribution in [0.3, 0.4) is 0 Å². The zero-order valence-corrected chi connectivity index (χ0v) is 19.6. The molecular formula is C26H33N5O2. The summed E-state index contributed by atoms with van der Waals surface area (Å²) in [5.41, 5.74) is 14.8. The zero-order valence-electron chi connectivity index (χ0n) is 19.6. The third-order valence-corrected chi connectivity index (χ3v) is 5.06. The molecule has 3 rings (SSSR count). The van der Waals surface area contributed by atoms with E-state index < -0.39 is 5.60 Å². The van der Waals surface area contributed by atoms with E-state index in [0.29, 0.717) is 37.8 Å². The van der Waals surface area contributed by atoms with Crippen molar-refractivity contribution in [1.82, 2.24) is 9.80 Å². The molecule has 1 fully saturated rings. The molecule has 0 bridgehead atoms. The third-order valence-electron chi connectivity index (χ3n) is 5.06. The van der Waals surface area contributed by atoms with Crippen LogP contribution in [0.25, 0.3) is 0 Å². The molecule has 1 amide bonds. The van der Waals surface area contributed by atoms with E-state index in [0.717, 1.165) is 16.8 Å². The number of hydrogen-bond acceptors (Lipinski definition) is 6. The largest absolute Gasteiger partial charge is 0.444 e. The van der Waals surface area contributed by atoms with Gasteiger partial charge in [0.1, 0.15) is 11.4 Å². The van der Waals surface area contributed by atoms with Gasteiger partial charge in [-0.3, -0.25) is 0 Å². The van der Waals surface area contributed by atoms with Crippen molar-refractivity contribution in [3.8, 4) is 0 Å². The number of piperazine rings is 1. The van der Waals surface area contributed by atoms with Crippen LogP contribution in [-0.4, -0.2) is 53.4 Å². The normalized spacial score (nSPS) is 15.2. The Morgan fingerprint density at radius 2 is 1.33 bits per heavy atom. The van der Waals surface area contributed by atoms with E-state index in [-0.39, 0.29) is 6.09 Å². The summed E-state index contributed by atoms with van der Waals surface area (Å²) in [6.07, 6.45) is 3.18. The molecule has 0 unspecified atom stereocenters. The minimum Gasteiger partial charge on any atom is -0.444 e. The highest BCUT2D eigenvalue weighted by molar-refractivity contribution is 6.13. The van der Waals surface area contributed by atoms with Crippen molar-refractivity contribution in [2.45, 2.75) is 26.4 Å². The van der Waals surface area contributed by atoms with Crippen LogP contribution in [-0.2, 0) is 4.74 Å². The SMILES string of the molecule is CC(C)(C)OC(=O)N1CCN(/C(N)=C/C=C(\N)N=C(c2ccccc2)c2ccccc2)CC1. The average molecular weight is 448 g/mol. The van der Waals surface area contributed by atoms with Gasteiger partial charge in [-0.25, -0.2) is 9.79 Å². The Morgan fingerprint density at radius 3 is 1.82 bits per heavy atom. The smallest absolute Gasteiger partial charge is 0.410 e. The molecule has 0 aromatic heterocycles. The van der Waals surface area contributed by atoms with E-state index in [1.54, 1.807) is 17.1 Å². The standard InChI is InChI=1S/C26H33N5O2/c1-26(2,3)33-25(32)31-18-16-30(17-19-31)23(28)15-14-22(27)29-24(20-10-6-4-7-11-20)21-12-8-5-9-13-21/h4-15H,16-19,27-28H2,1-3H3/b22-14+,23-15+. The number of nitrogens with two attached hydrogens (primary N) is 2. The van der Waals surface area contributed by atoms with E-state index in [1.807, 2.05) is 86.3 Å². The number of carbonyl (C=O) groups is 1. The number of amides is 1. The minimum atomic E-state index is -0.506. The molecule has 0 atom stereocenters. The molecule has 33 heavy (non-hydrogen) atoms. The summed E-state index contributed by atoms with van der Waals surface area (Å²) in [6, 6.07) is 19.9. The first-order chi connectivity index (χ1) is 15.7. The van der Waals surface area contributed by atoms with Gasteiger partial charge in [-0.1, -0.05) is 60.7 Å². The summed E-state index contributed by atoms with van der Waals surface area (Å²) < 4.78 is 5.44. The van der Waals surface area contributed by atoms with E-state index in [4.69, 9.17) is 16.2 Å². The topological polar surface area (TPSA) is 97.2 Å². The molecule has 1 aliphatic heterocycles. The van der Waals surface area contributed by atoms with Gasteiger partial charge in [0, 0.05) is 37.3 Å². The number of allylic oxidation sites excluding steroid dienone is 2. The van der Waals surface area contributed by atoms with Gasteiger partial charge in [0.05, 0.1) is 11.5 Å². The maximum atomic E-state index is 12.2. The molecule has 7 heteroatoms. The summed E-state index contributed by atoms with van der Waals surface area (Å²) in [5.74, 6) is 0.936. The Bertz CT molecular complexity index is 974. The highest BCUT2D eigenvalue weighted by atomic mass is 16.6. The second kappa shape index (κ2) is 10.7. The van der Waals surface area contributed by atoms with Gasteiger partial charge in [-0.15, -0.1) is 0 Å². The van der Waals surface area contributed by atoms with Crippen LogP contribution in [0, 0.1) is 0 Å². The van der Waals surface area contributed by atoms with Gasteiger partial charge in [-0.2, -0.15) is 0 Å². The molecule has 0 radical (unpaired) electrons. The lowest BCUT2D eigenvalue weighted by atomic mass is 10.0. The molecule has 1 heterocycles. The number of aliphatic imine (C=N–C) groups is 1. The quantitative estimate of drug-likeness (QED) is 0.538. The van der Waals surface area contributed by atoms with Crippen LogP contribution in [0.15, 0.2) is 89.5 Å². The summed E-state index contributed by atoms with van der Waals surface area (Å²) >= 11 is 0. The van der Waals surface area contributed by atoms with Gasteiger partial charge in [0.15, 0.2) is 0 Å². The number of ether oxygens (including phenoxy) is 1. The van der Waals surface area contributed by atoms with Gasteiger partial charge in [-0.05, 0) is 32.9 Å². The second-order valence-electron chi connectivity index (χ2n) is 8.83. The summed E-state index contributed by atoms with van der Waals surface area (Å²) in [7, 11) is 0. The Hall–Kier alpha value is -3.74. The third kappa shape index (κ3) is 7.14. The molecule has 0 aliphatic carbocycles. The average Bonchev–Trinajstić information content (AvgIpc) is 2.81. The van der Waals surface area contributed by atoms with Gasteiger partial charge < -0.3 is 26.0 Å². The number of benzene rings is 2. The van der Waals surface area contributed by atoms with Gasteiger partial charge in [0.25, 0.3) is 0 Å². The molecule has 2 aromatic carbocycles. The van der Waals surface area contributed by atoms with Crippen LogP contribution in [0.1, 0.15) is 31.9 Å². The molecule has 4 N–H and O–H groups in total. The highest BCUT2D eigenvalue weighted by Crippen LogP contribution is 2.14. The van der Waals surface area contributed by atoms with Crippen molar-refractivity contribution in [3.05, 3.63) is 95.6 Å². The first kappa shape index (κ1) is 23.9. The Morgan fingerprint density at radius 1 is 0.848 bits per heavy atom. The van der Waals surface area contributed by atoms with Crippen molar-refractivity contribution >= 4 is 11.8 Å². The number of carbonyl (C=O) groups excluding carboxylic acids is 1. The summed E-state index contributed by atoms with van der Waals surface area (Å²) in [4.78, 5) is 20.6. The fraction of sp³-hybridized carbons (Fsp3) is 0.308. The first-order valence-electron chi connectivity index (χ1n) is 11.1. The van der Waals surface area contributed by atoms with Crippen molar-refractivity contribution < 1.29 is 9.53 Å². The van der Waals surface area contributed by atoms with Crippen molar-refractivity contribution in [2.75, 3.05) is 26.2 Å². The lowest BCUT2D eigenvalue weighted by Gasteiger charge is -2.36. The lowest BCUT2D eigenvalue weighted by Crippen LogP contribution is -2.50. The maximum absolute atomic E-state index is 12.2. The van der Waals surface area contributed by atoms with Crippen LogP contribution in [0.4, 0.5) is 4.79 Å². The van der Waals surface area contributed by atoms with Gasteiger partial charge in [0.2, 0.25) is 0 Å². The number of rotatable bonds is 5. The fourth-order valence-electron chi connectivity index (χ4n) is 3.40. The van der Waals surface area contributed by atoms with Crippen LogP contribution >= 0.6 is 0 Å². The number of nitrogens with zero attached hydrogens (tertiary/aromatic N) is 3. The van der Waals surface area contributed by atoms with E-state index >= 15 is 0 Å². The summed E-state index contributed by atoms with van der Waals surface area (Å²) in [5, 5.41) is 0. The maximum Gasteiger partial charge on any atom is 0.410 e. The Labute approximate surface area is 196 Å². The van der Waals surface area contributed by atoms with E-state index in [2.05, 4.69) is 4.99 Å². The van der Waals surface area contributed by atoms with Crippen LogP contribution in [0.5, 0.6) is 0 Å². The molecule has 1 saturated heterocycles. The molecule has 2 aromatic rings. The fourth-order valence-corrected chi connectivity index (χ4v) is 3.40. The molecule has 0 saturated carbocycles. The van der Waals surface area contributed by atoms with Crippen molar-refractivity contribution in [1.29, 1.82) is 0 Å². The first-order valence-corrected chi connectivity index (χ1v) is 11.1. The highest BCUT2D eigenvalue weighted by Gasteiger charge is 2.25. The monoisotopic (exact) mass is 447 g/mol. The second-order valence-corrected chi connectivity index (χ2v) is 8.83. The lowest BCUT2D eigenvalue weighted by molar-refractivity contribution is 0.0168. The van der Waals surface area contributed by atoms with Crippen molar-refractivity contribution in [3.63, 3.8) is 0 Å². The van der Waals surface area contributed by atoms with Crippen molar-refractivity contribution in [2.24, 2.45) is 16.5 Å². The Balaban J connectivity index is 1.69.